The molecule has 0 fully saturated rings. The summed E-state index contributed by atoms with van der Waals surface area (Å²) in [5.41, 5.74) is 0.910. The zero-order chi connectivity index (χ0) is 12.8. The van der Waals surface area contributed by atoms with E-state index in [1.807, 2.05) is 6.92 Å². The number of hydrogen-bond donors (Lipinski definition) is 2. The number of carbonyl (C=O) groups excluding carboxylic acids is 1. The largest absolute Gasteiger partial charge is 0.368 e. The molecule has 1 aromatic heterocycles. The minimum atomic E-state index is -0.121. The van der Waals surface area contributed by atoms with Gasteiger partial charge < -0.3 is 15.5 Å². The van der Waals surface area contributed by atoms with E-state index in [1.165, 1.54) is 4.90 Å². The summed E-state index contributed by atoms with van der Waals surface area (Å²) < 4.78 is 0. The molecule has 0 unspecified atom stereocenters. The summed E-state index contributed by atoms with van der Waals surface area (Å²) in [5, 5.41) is 6.02. The van der Waals surface area contributed by atoms with Crippen LogP contribution in [0.15, 0.2) is 6.20 Å². The van der Waals surface area contributed by atoms with Gasteiger partial charge in [0.05, 0.1) is 0 Å². The molecule has 1 aromatic rings. The normalized spacial score (nSPS) is 9.88. The predicted molar refractivity (Wildman–Crippen MR) is 67.4 cm³/mol. The lowest BCUT2D eigenvalue weighted by Gasteiger charge is -2.13. The molecule has 0 atom stereocenters. The number of carbonyl (C=O) groups is 1. The SMILES string of the molecule is Cc1cnc(Cl)nc1NCCNC(=O)N(C)C. The highest BCUT2D eigenvalue weighted by Crippen LogP contribution is 2.11. The third kappa shape index (κ3) is 4.44. The molecule has 0 bridgehead atoms. The van der Waals surface area contributed by atoms with E-state index < -0.39 is 0 Å². The number of nitrogens with one attached hydrogen (secondary N) is 2. The number of aromatic nitrogens is 2. The van der Waals surface area contributed by atoms with Crippen LogP contribution in [0.1, 0.15) is 5.56 Å². The van der Waals surface area contributed by atoms with Gasteiger partial charge >= 0.3 is 6.03 Å². The summed E-state index contributed by atoms with van der Waals surface area (Å²) in [6.45, 7) is 2.98. The van der Waals surface area contributed by atoms with Crippen molar-refractivity contribution in [3.05, 3.63) is 17.0 Å². The second-order valence-corrected chi connectivity index (χ2v) is 4.06. The third-order valence-electron chi connectivity index (χ3n) is 2.04. The minimum absolute atomic E-state index is 0.121. The van der Waals surface area contributed by atoms with Crippen LogP contribution in [0.4, 0.5) is 10.6 Å². The van der Waals surface area contributed by atoms with E-state index in [-0.39, 0.29) is 11.3 Å². The van der Waals surface area contributed by atoms with E-state index in [9.17, 15) is 4.79 Å². The molecule has 1 rings (SSSR count). The summed E-state index contributed by atoms with van der Waals surface area (Å²) in [6.07, 6.45) is 1.65. The van der Waals surface area contributed by atoms with Gasteiger partial charge in [0.2, 0.25) is 5.28 Å². The first-order chi connectivity index (χ1) is 8.00. The summed E-state index contributed by atoms with van der Waals surface area (Å²) in [7, 11) is 3.38. The van der Waals surface area contributed by atoms with Crippen LogP contribution in [-0.2, 0) is 0 Å². The second-order valence-electron chi connectivity index (χ2n) is 3.72. The number of halogens is 1. The molecule has 0 aliphatic heterocycles. The molecule has 0 spiro atoms. The van der Waals surface area contributed by atoms with Gasteiger partial charge in [-0.25, -0.2) is 14.8 Å². The van der Waals surface area contributed by atoms with E-state index in [0.29, 0.717) is 18.9 Å². The fourth-order valence-corrected chi connectivity index (χ4v) is 1.24. The Morgan fingerprint density at radius 3 is 2.82 bits per heavy atom. The van der Waals surface area contributed by atoms with Crippen molar-refractivity contribution < 1.29 is 4.79 Å². The van der Waals surface area contributed by atoms with Crippen molar-refractivity contribution in [3.8, 4) is 0 Å². The second kappa shape index (κ2) is 6.24. The lowest BCUT2D eigenvalue weighted by atomic mass is 10.3. The minimum Gasteiger partial charge on any atom is -0.368 e. The highest BCUT2D eigenvalue weighted by molar-refractivity contribution is 6.28. The maximum Gasteiger partial charge on any atom is 0.316 e. The molecular weight excluding hydrogens is 242 g/mol. The first-order valence-electron chi connectivity index (χ1n) is 5.19. The Balaban J connectivity index is 2.36. The summed E-state index contributed by atoms with van der Waals surface area (Å²) in [4.78, 5) is 20.6. The molecule has 94 valence electrons. The Morgan fingerprint density at radius 1 is 1.47 bits per heavy atom. The van der Waals surface area contributed by atoms with E-state index in [0.717, 1.165) is 5.56 Å². The van der Waals surface area contributed by atoms with Crippen LogP contribution in [0.3, 0.4) is 0 Å². The Bertz CT molecular complexity index is 396. The topological polar surface area (TPSA) is 70.1 Å². The first kappa shape index (κ1) is 13.5. The standard InChI is InChI=1S/C10H16ClN5O/c1-7-6-14-9(11)15-8(7)12-4-5-13-10(17)16(2)3/h6H,4-5H2,1-3H3,(H,13,17)(H,12,14,15). The highest BCUT2D eigenvalue weighted by Gasteiger charge is 2.03. The van der Waals surface area contributed by atoms with Crippen molar-refractivity contribution >= 4 is 23.4 Å². The Labute approximate surface area is 105 Å². The van der Waals surface area contributed by atoms with Crippen LogP contribution in [0, 0.1) is 6.92 Å². The molecule has 0 aromatic carbocycles. The van der Waals surface area contributed by atoms with Crippen molar-refractivity contribution in [2.75, 3.05) is 32.5 Å². The Hall–Kier alpha value is -1.56. The molecule has 1 heterocycles. The van der Waals surface area contributed by atoms with E-state index in [2.05, 4.69) is 20.6 Å². The number of aryl methyl sites for hydroxylation is 1. The molecule has 2 N–H and O–H groups in total. The van der Waals surface area contributed by atoms with Gasteiger partial charge in [-0.3, -0.25) is 0 Å². The van der Waals surface area contributed by atoms with Crippen LogP contribution in [-0.4, -0.2) is 48.1 Å². The molecular formula is C10H16ClN5O. The zero-order valence-electron chi connectivity index (χ0n) is 10.1. The number of nitrogens with zero attached hydrogens (tertiary/aromatic N) is 3. The van der Waals surface area contributed by atoms with E-state index in [1.54, 1.807) is 20.3 Å². The average Bonchev–Trinajstić information content (AvgIpc) is 2.28. The number of urea groups is 1. The summed E-state index contributed by atoms with van der Waals surface area (Å²) >= 11 is 5.68. The number of anilines is 1. The molecule has 0 saturated heterocycles. The fraction of sp³-hybridized carbons (Fsp3) is 0.500. The monoisotopic (exact) mass is 257 g/mol. The molecule has 6 nitrogen and oxygen atoms in total. The van der Waals surface area contributed by atoms with Crippen molar-refractivity contribution in [1.29, 1.82) is 0 Å². The maximum atomic E-state index is 11.2. The number of rotatable bonds is 4. The fourth-order valence-electron chi connectivity index (χ4n) is 1.11. The molecule has 7 heteroatoms. The first-order valence-corrected chi connectivity index (χ1v) is 5.56. The van der Waals surface area contributed by atoms with Crippen LogP contribution < -0.4 is 10.6 Å². The van der Waals surface area contributed by atoms with Crippen molar-refractivity contribution in [3.63, 3.8) is 0 Å². The summed E-state index contributed by atoms with van der Waals surface area (Å²) in [6, 6.07) is -0.121. The van der Waals surface area contributed by atoms with Gasteiger partial charge in [0.1, 0.15) is 5.82 Å². The van der Waals surface area contributed by atoms with Gasteiger partial charge in [-0.1, -0.05) is 0 Å². The molecule has 0 aliphatic carbocycles. The van der Waals surface area contributed by atoms with Gasteiger partial charge in [-0.05, 0) is 18.5 Å². The molecule has 0 aliphatic rings. The van der Waals surface area contributed by atoms with E-state index in [4.69, 9.17) is 11.6 Å². The molecule has 17 heavy (non-hydrogen) atoms. The Kier molecular flexibility index (Phi) is 4.96. The van der Waals surface area contributed by atoms with Crippen LogP contribution >= 0.6 is 11.6 Å². The van der Waals surface area contributed by atoms with Crippen LogP contribution in [0.2, 0.25) is 5.28 Å². The van der Waals surface area contributed by atoms with Crippen molar-refractivity contribution in [2.24, 2.45) is 0 Å². The van der Waals surface area contributed by atoms with Gasteiger partial charge in [-0.15, -0.1) is 0 Å². The number of amides is 2. The summed E-state index contributed by atoms with van der Waals surface area (Å²) in [5.74, 6) is 0.684. The molecule has 2 amide bonds. The van der Waals surface area contributed by atoms with Gasteiger partial charge in [0, 0.05) is 38.9 Å². The molecule has 0 radical (unpaired) electrons. The third-order valence-corrected chi connectivity index (χ3v) is 2.22. The maximum absolute atomic E-state index is 11.2. The quantitative estimate of drug-likeness (QED) is 0.627. The van der Waals surface area contributed by atoms with Gasteiger partial charge in [0.25, 0.3) is 0 Å². The van der Waals surface area contributed by atoms with E-state index >= 15 is 0 Å². The van der Waals surface area contributed by atoms with Gasteiger partial charge in [-0.2, -0.15) is 0 Å². The van der Waals surface area contributed by atoms with Crippen molar-refractivity contribution in [1.82, 2.24) is 20.2 Å². The average molecular weight is 258 g/mol. The van der Waals surface area contributed by atoms with Gasteiger partial charge in [0.15, 0.2) is 0 Å². The van der Waals surface area contributed by atoms with Crippen LogP contribution in [0.5, 0.6) is 0 Å². The predicted octanol–water partition coefficient (Wildman–Crippen LogP) is 1.12. The van der Waals surface area contributed by atoms with Crippen molar-refractivity contribution in [2.45, 2.75) is 6.92 Å². The lowest BCUT2D eigenvalue weighted by Crippen LogP contribution is -2.37. The lowest BCUT2D eigenvalue weighted by molar-refractivity contribution is 0.218. The highest BCUT2D eigenvalue weighted by atomic mass is 35.5. The zero-order valence-corrected chi connectivity index (χ0v) is 10.9. The van der Waals surface area contributed by atoms with Crippen LogP contribution in [0.25, 0.3) is 0 Å². The smallest absolute Gasteiger partial charge is 0.316 e. The Morgan fingerprint density at radius 2 is 2.18 bits per heavy atom. The number of hydrogen-bond acceptors (Lipinski definition) is 4. The molecule has 0 saturated carbocycles.